The molecule has 0 fully saturated rings. The van der Waals surface area contributed by atoms with Crippen LogP contribution in [0.25, 0.3) is 11.3 Å². The number of hydrogen-bond donors (Lipinski definition) is 0. The van der Waals surface area contributed by atoms with Crippen molar-refractivity contribution < 1.29 is 4.42 Å². The Morgan fingerprint density at radius 1 is 1.39 bits per heavy atom. The van der Waals surface area contributed by atoms with Gasteiger partial charge in [0.25, 0.3) is 0 Å². The number of nitriles is 1. The van der Waals surface area contributed by atoms with E-state index in [1.54, 1.807) is 6.07 Å². The zero-order chi connectivity index (χ0) is 13.1. The van der Waals surface area contributed by atoms with Crippen LogP contribution in [0.5, 0.6) is 0 Å². The predicted molar refractivity (Wildman–Crippen MR) is 74.6 cm³/mol. The zero-order valence-electron chi connectivity index (χ0n) is 9.44. The van der Waals surface area contributed by atoms with Gasteiger partial charge in [-0.15, -0.1) is 11.8 Å². The van der Waals surface area contributed by atoms with Gasteiger partial charge in [0.1, 0.15) is 11.8 Å². The summed E-state index contributed by atoms with van der Waals surface area (Å²) in [7, 11) is 0. The molecule has 0 aliphatic rings. The summed E-state index contributed by atoms with van der Waals surface area (Å²) in [6.07, 6.45) is 1.82. The summed E-state index contributed by atoms with van der Waals surface area (Å²) in [5.41, 5.74) is 0.252. The average Bonchev–Trinajstić information content (AvgIpc) is 2.37. The Hall–Kier alpha value is -1.51. The highest BCUT2D eigenvalue weighted by Crippen LogP contribution is 2.26. The summed E-state index contributed by atoms with van der Waals surface area (Å²) >= 11 is 4.72. The highest BCUT2D eigenvalue weighted by molar-refractivity contribution is 9.10. The summed E-state index contributed by atoms with van der Waals surface area (Å²) in [5.74, 6) is 0.463. The summed E-state index contributed by atoms with van der Waals surface area (Å²) in [6, 6.07) is 11.0. The van der Waals surface area contributed by atoms with Gasteiger partial charge in [-0.05, 0) is 24.5 Å². The van der Waals surface area contributed by atoms with E-state index in [4.69, 9.17) is 9.68 Å². The maximum atomic E-state index is 11.7. The number of hydrogen-bond acceptors (Lipinski definition) is 4. The second-order valence-electron chi connectivity index (χ2n) is 3.46. The second kappa shape index (κ2) is 5.42. The van der Waals surface area contributed by atoms with Gasteiger partial charge in [0.15, 0.2) is 5.56 Å². The molecule has 1 aromatic carbocycles. The first-order valence-electron chi connectivity index (χ1n) is 5.04. The highest BCUT2D eigenvalue weighted by Gasteiger charge is 2.12. The first-order valence-corrected chi connectivity index (χ1v) is 7.05. The van der Waals surface area contributed by atoms with Crippen LogP contribution in [0.1, 0.15) is 5.56 Å². The van der Waals surface area contributed by atoms with Crippen molar-refractivity contribution in [2.24, 2.45) is 0 Å². The molecule has 0 atom stereocenters. The molecule has 2 rings (SSSR count). The minimum absolute atomic E-state index is 0.0567. The van der Waals surface area contributed by atoms with E-state index in [0.29, 0.717) is 10.7 Å². The van der Waals surface area contributed by atoms with Crippen molar-refractivity contribution in [1.82, 2.24) is 0 Å². The normalized spacial score (nSPS) is 10.1. The molecule has 0 aliphatic carbocycles. The van der Waals surface area contributed by atoms with Gasteiger partial charge in [0.2, 0.25) is 0 Å². The van der Waals surface area contributed by atoms with Crippen LogP contribution < -0.4 is 5.63 Å². The predicted octanol–water partition coefficient (Wildman–Crippen LogP) is 3.66. The van der Waals surface area contributed by atoms with Crippen LogP contribution in [0, 0.1) is 11.3 Å². The highest BCUT2D eigenvalue weighted by atomic mass is 79.9. The SMILES string of the molecule is CSc1cc(-c2cccc(Br)c2)oc(=O)c1C#N. The quantitative estimate of drug-likeness (QED) is 0.792. The van der Waals surface area contributed by atoms with Crippen LogP contribution >= 0.6 is 27.7 Å². The van der Waals surface area contributed by atoms with Crippen LogP contribution in [0.15, 0.2) is 48.9 Å². The van der Waals surface area contributed by atoms with E-state index in [0.717, 1.165) is 10.0 Å². The van der Waals surface area contributed by atoms with Gasteiger partial charge in [-0.25, -0.2) is 4.79 Å². The van der Waals surface area contributed by atoms with Gasteiger partial charge in [0.05, 0.1) is 0 Å². The molecule has 0 saturated carbocycles. The standard InChI is InChI=1S/C13H8BrNO2S/c1-18-12-6-11(17-13(16)10(12)7-15)8-3-2-4-9(14)5-8/h2-6H,1H3. The molecule has 5 heteroatoms. The number of halogens is 1. The van der Waals surface area contributed by atoms with Crippen molar-refractivity contribution in [3.63, 3.8) is 0 Å². The summed E-state index contributed by atoms with van der Waals surface area (Å²) in [5, 5.41) is 8.91. The van der Waals surface area contributed by atoms with Gasteiger partial charge < -0.3 is 4.42 Å². The molecule has 0 bridgehead atoms. The third-order valence-corrected chi connectivity index (χ3v) is 3.61. The molecule has 0 saturated heterocycles. The molecule has 0 radical (unpaired) electrons. The first-order chi connectivity index (χ1) is 8.65. The van der Waals surface area contributed by atoms with E-state index in [9.17, 15) is 4.79 Å². The fraction of sp³-hybridized carbons (Fsp3) is 0.0769. The van der Waals surface area contributed by atoms with Crippen molar-refractivity contribution in [2.45, 2.75) is 4.90 Å². The summed E-state index contributed by atoms with van der Waals surface area (Å²) in [4.78, 5) is 12.3. The third kappa shape index (κ3) is 2.50. The fourth-order valence-electron chi connectivity index (χ4n) is 1.52. The maximum Gasteiger partial charge on any atom is 0.355 e. The van der Waals surface area contributed by atoms with E-state index in [1.165, 1.54) is 11.8 Å². The second-order valence-corrected chi connectivity index (χ2v) is 5.23. The first kappa shape index (κ1) is 12.9. The lowest BCUT2D eigenvalue weighted by atomic mass is 10.1. The van der Waals surface area contributed by atoms with E-state index in [-0.39, 0.29) is 5.56 Å². The minimum atomic E-state index is -0.598. The monoisotopic (exact) mass is 321 g/mol. The maximum absolute atomic E-state index is 11.7. The zero-order valence-corrected chi connectivity index (χ0v) is 11.8. The Bertz CT molecular complexity index is 688. The van der Waals surface area contributed by atoms with E-state index in [2.05, 4.69) is 15.9 Å². The Morgan fingerprint density at radius 3 is 2.78 bits per heavy atom. The van der Waals surface area contributed by atoms with Gasteiger partial charge in [-0.2, -0.15) is 5.26 Å². The lowest BCUT2D eigenvalue weighted by molar-refractivity contribution is 0.518. The molecule has 18 heavy (non-hydrogen) atoms. The number of rotatable bonds is 2. The lowest BCUT2D eigenvalue weighted by Gasteiger charge is -2.04. The van der Waals surface area contributed by atoms with Crippen LogP contribution in [0.3, 0.4) is 0 Å². The Morgan fingerprint density at radius 2 is 2.17 bits per heavy atom. The Balaban J connectivity index is 2.64. The van der Waals surface area contributed by atoms with Crippen LogP contribution in [-0.2, 0) is 0 Å². The average molecular weight is 322 g/mol. The molecule has 1 heterocycles. The van der Waals surface area contributed by atoms with Crippen LogP contribution in [0.4, 0.5) is 0 Å². The summed E-state index contributed by atoms with van der Waals surface area (Å²) < 4.78 is 6.07. The van der Waals surface area contributed by atoms with Gasteiger partial charge in [0, 0.05) is 14.9 Å². The van der Waals surface area contributed by atoms with Gasteiger partial charge >= 0.3 is 5.63 Å². The molecule has 1 aromatic heterocycles. The third-order valence-electron chi connectivity index (χ3n) is 2.36. The van der Waals surface area contributed by atoms with Crippen molar-refractivity contribution >= 4 is 27.7 Å². The van der Waals surface area contributed by atoms with Crippen molar-refractivity contribution in [3.8, 4) is 17.4 Å². The molecule has 0 spiro atoms. The van der Waals surface area contributed by atoms with E-state index < -0.39 is 5.63 Å². The number of benzene rings is 1. The molecule has 0 N–H and O–H groups in total. The van der Waals surface area contributed by atoms with Crippen LogP contribution in [0.2, 0.25) is 0 Å². The molecular formula is C13H8BrNO2S. The molecule has 0 unspecified atom stereocenters. The Kier molecular flexibility index (Phi) is 3.90. The van der Waals surface area contributed by atoms with Gasteiger partial charge in [-0.1, -0.05) is 28.1 Å². The van der Waals surface area contributed by atoms with E-state index in [1.807, 2.05) is 36.6 Å². The Labute approximate surface area is 117 Å². The van der Waals surface area contributed by atoms with Gasteiger partial charge in [-0.3, -0.25) is 0 Å². The van der Waals surface area contributed by atoms with Crippen LogP contribution in [-0.4, -0.2) is 6.26 Å². The molecule has 2 aromatic rings. The largest absolute Gasteiger partial charge is 0.422 e. The number of thioether (sulfide) groups is 1. The number of nitrogens with zero attached hydrogens (tertiary/aromatic N) is 1. The molecule has 0 aliphatic heterocycles. The van der Waals surface area contributed by atoms with E-state index >= 15 is 0 Å². The minimum Gasteiger partial charge on any atom is -0.422 e. The smallest absolute Gasteiger partial charge is 0.355 e. The molecule has 90 valence electrons. The fourth-order valence-corrected chi connectivity index (χ4v) is 2.48. The molecule has 3 nitrogen and oxygen atoms in total. The molecular weight excluding hydrogens is 314 g/mol. The topological polar surface area (TPSA) is 54.0 Å². The summed E-state index contributed by atoms with van der Waals surface area (Å²) in [6.45, 7) is 0. The van der Waals surface area contributed by atoms with Crippen molar-refractivity contribution in [2.75, 3.05) is 6.26 Å². The van der Waals surface area contributed by atoms with Crippen molar-refractivity contribution in [3.05, 3.63) is 50.8 Å². The lowest BCUT2D eigenvalue weighted by Crippen LogP contribution is -2.06. The van der Waals surface area contributed by atoms with Crippen molar-refractivity contribution in [1.29, 1.82) is 5.26 Å². The molecule has 0 amide bonds.